The smallest absolute Gasteiger partial charge is 0.254 e. The third-order valence-corrected chi connectivity index (χ3v) is 2.42. The van der Waals surface area contributed by atoms with Gasteiger partial charge in [-0.1, -0.05) is 0 Å². The quantitative estimate of drug-likeness (QED) is 0.751. The molecule has 0 aromatic carbocycles. The van der Waals surface area contributed by atoms with Crippen molar-refractivity contribution in [1.82, 2.24) is 10.6 Å². The summed E-state index contributed by atoms with van der Waals surface area (Å²) >= 11 is 0. The van der Waals surface area contributed by atoms with E-state index in [0.717, 1.165) is 0 Å². The van der Waals surface area contributed by atoms with Crippen molar-refractivity contribution in [3.05, 3.63) is 24.2 Å². The lowest BCUT2D eigenvalue weighted by Crippen LogP contribution is -2.49. The van der Waals surface area contributed by atoms with Crippen molar-refractivity contribution in [2.24, 2.45) is 0 Å². The molecule has 0 radical (unpaired) electrons. The van der Waals surface area contributed by atoms with Gasteiger partial charge in [-0.3, -0.25) is 9.59 Å². The van der Waals surface area contributed by atoms with Crippen molar-refractivity contribution in [1.29, 1.82) is 0 Å². The first kappa shape index (κ1) is 11.7. The highest BCUT2D eigenvalue weighted by atomic mass is 16.5. The third kappa shape index (κ3) is 3.32. The Morgan fingerprint density at radius 3 is 2.82 bits per heavy atom. The van der Waals surface area contributed by atoms with Gasteiger partial charge < -0.3 is 19.8 Å². The molecular weight excluding hydrogens is 224 g/mol. The maximum absolute atomic E-state index is 11.5. The van der Waals surface area contributed by atoms with Crippen molar-refractivity contribution in [2.45, 2.75) is 12.5 Å². The zero-order valence-electron chi connectivity index (χ0n) is 9.27. The zero-order chi connectivity index (χ0) is 12.1. The van der Waals surface area contributed by atoms with Gasteiger partial charge in [-0.15, -0.1) is 0 Å². The number of carbonyl (C=O) groups is 2. The van der Waals surface area contributed by atoms with Crippen LogP contribution in [0.5, 0.6) is 0 Å². The number of rotatable bonds is 5. The summed E-state index contributed by atoms with van der Waals surface area (Å²) in [5, 5.41) is 5.43. The van der Waals surface area contributed by atoms with Crippen LogP contribution in [0.25, 0.3) is 0 Å². The van der Waals surface area contributed by atoms with Crippen molar-refractivity contribution in [3.63, 3.8) is 0 Å². The van der Waals surface area contributed by atoms with Crippen molar-refractivity contribution >= 4 is 11.8 Å². The Bertz CT molecular complexity index is 384. The van der Waals surface area contributed by atoms with Gasteiger partial charge >= 0.3 is 0 Å². The van der Waals surface area contributed by atoms with Crippen LogP contribution in [0.1, 0.15) is 16.8 Å². The number of ether oxygens (including phenoxy) is 1. The molecule has 2 amide bonds. The van der Waals surface area contributed by atoms with Gasteiger partial charge in [0.2, 0.25) is 5.91 Å². The molecule has 1 aliphatic rings. The molecule has 2 N–H and O–H groups in total. The van der Waals surface area contributed by atoms with E-state index < -0.39 is 0 Å². The van der Waals surface area contributed by atoms with Crippen LogP contribution in [0.3, 0.4) is 0 Å². The van der Waals surface area contributed by atoms with Crippen LogP contribution >= 0.6 is 0 Å². The average Bonchev–Trinajstić information content (AvgIpc) is 2.76. The summed E-state index contributed by atoms with van der Waals surface area (Å²) in [5.74, 6) is -0.315. The third-order valence-electron chi connectivity index (χ3n) is 2.42. The van der Waals surface area contributed by atoms with E-state index in [-0.39, 0.29) is 24.3 Å². The second-order valence-corrected chi connectivity index (χ2v) is 3.82. The van der Waals surface area contributed by atoms with E-state index in [9.17, 15) is 9.59 Å². The number of hydrogen-bond acceptors (Lipinski definition) is 4. The molecule has 2 rings (SSSR count). The molecule has 17 heavy (non-hydrogen) atoms. The summed E-state index contributed by atoms with van der Waals surface area (Å²) in [6.45, 7) is 1.46. The highest BCUT2D eigenvalue weighted by molar-refractivity contribution is 5.94. The summed E-state index contributed by atoms with van der Waals surface area (Å²) in [7, 11) is 0. The van der Waals surface area contributed by atoms with Gasteiger partial charge in [0.05, 0.1) is 31.1 Å². The number of hydrogen-bond donors (Lipinski definition) is 2. The zero-order valence-corrected chi connectivity index (χ0v) is 9.27. The van der Waals surface area contributed by atoms with Crippen molar-refractivity contribution in [2.75, 3.05) is 19.8 Å². The molecule has 0 unspecified atom stereocenters. The summed E-state index contributed by atoms with van der Waals surface area (Å²) in [6, 6.07) is 1.70. The molecule has 0 spiro atoms. The van der Waals surface area contributed by atoms with E-state index in [2.05, 4.69) is 10.6 Å². The van der Waals surface area contributed by atoms with E-state index >= 15 is 0 Å². The Hall–Kier alpha value is -1.82. The normalized spacial score (nSPS) is 15.1. The van der Waals surface area contributed by atoms with E-state index in [1.165, 1.54) is 12.5 Å². The predicted octanol–water partition coefficient (Wildman–Crippen LogP) is -0.0855. The Morgan fingerprint density at radius 2 is 2.24 bits per heavy atom. The van der Waals surface area contributed by atoms with Gasteiger partial charge in [-0.05, 0) is 6.07 Å². The molecule has 6 heteroatoms. The minimum atomic E-state index is -0.237. The van der Waals surface area contributed by atoms with Gasteiger partial charge in [-0.2, -0.15) is 0 Å². The minimum absolute atomic E-state index is 0.0780. The highest BCUT2D eigenvalue weighted by Gasteiger charge is 2.19. The molecule has 1 aromatic heterocycles. The Labute approximate surface area is 98.3 Å². The lowest BCUT2D eigenvalue weighted by atomic mass is 10.2. The molecule has 1 fully saturated rings. The minimum Gasteiger partial charge on any atom is -0.472 e. The fourth-order valence-electron chi connectivity index (χ4n) is 1.40. The predicted molar refractivity (Wildman–Crippen MR) is 58.4 cm³/mol. The first-order valence-corrected chi connectivity index (χ1v) is 5.43. The molecule has 92 valence electrons. The fourth-order valence-corrected chi connectivity index (χ4v) is 1.40. The van der Waals surface area contributed by atoms with Crippen LogP contribution in [-0.4, -0.2) is 37.6 Å². The number of carbonyl (C=O) groups excluding carboxylic acids is 2. The van der Waals surface area contributed by atoms with Gasteiger partial charge in [0.15, 0.2) is 0 Å². The summed E-state index contributed by atoms with van der Waals surface area (Å²) in [6.07, 6.45) is 3.05. The highest BCUT2D eigenvalue weighted by Crippen LogP contribution is 2.00. The molecule has 0 saturated carbocycles. The van der Waals surface area contributed by atoms with Crippen molar-refractivity contribution in [3.8, 4) is 0 Å². The SMILES string of the molecule is O=C(CCNC(=O)c1ccoc1)NC1COC1. The van der Waals surface area contributed by atoms with Crippen molar-refractivity contribution < 1.29 is 18.7 Å². The molecule has 6 nitrogen and oxygen atoms in total. The van der Waals surface area contributed by atoms with Gasteiger partial charge in [0.25, 0.3) is 5.91 Å². The first-order valence-electron chi connectivity index (χ1n) is 5.43. The standard InChI is InChI=1S/C11H14N2O4/c14-10(13-9-6-17-7-9)1-3-12-11(15)8-2-4-16-5-8/h2,4-5,9H,1,3,6-7H2,(H,12,15)(H,13,14). The Kier molecular flexibility index (Phi) is 3.77. The van der Waals surface area contributed by atoms with Crippen LogP contribution in [0.2, 0.25) is 0 Å². The Balaban J connectivity index is 1.62. The Morgan fingerprint density at radius 1 is 1.41 bits per heavy atom. The average molecular weight is 238 g/mol. The molecule has 2 heterocycles. The summed E-state index contributed by atoms with van der Waals surface area (Å²) < 4.78 is 9.72. The molecule has 1 saturated heterocycles. The topological polar surface area (TPSA) is 80.6 Å². The van der Waals surface area contributed by atoms with E-state index in [1.54, 1.807) is 6.07 Å². The van der Waals surface area contributed by atoms with Crippen LogP contribution < -0.4 is 10.6 Å². The van der Waals surface area contributed by atoms with Crippen LogP contribution in [0.4, 0.5) is 0 Å². The molecule has 1 aliphatic heterocycles. The summed E-state index contributed by atoms with van der Waals surface area (Å²) in [5.41, 5.74) is 0.456. The van der Waals surface area contributed by atoms with Gasteiger partial charge in [0.1, 0.15) is 6.26 Å². The second-order valence-electron chi connectivity index (χ2n) is 3.82. The van der Waals surface area contributed by atoms with Crippen LogP contribution in [0.15, 0.2) is 23.0 Å². The monoisotopic (exact) mass is 238 g/mol. The molecule has 0 aliphatic carbocycles. The van der Waals surface area contributed by atoms with E-state index in [0.29, 0.717) is 25.3 Å². The maximum atomic E-state index is 11.5. The maximum Gasteiger partial charge on any atom is 0.254 e. The number of amides is 2. The number of furan rings is 1. The molecule has 1 aromatic rings. The fraction of sp³-hybridized carbons (Fsp3) is 0.455. The lowest BCUT2D eigenvalue weighted by Gasteiger charge is -2.26. The first-order chi connectivity index (χ1) is 8.25. The summed E-state index contributed by atoms with van der Waals surface area (Å²) in [4.78, 5) is 22.8. The largest absolute Gasteiger partial charge is 0.472 e. The van der Waals surface area contributed by atoms with Crippen LogP contribution in [0, 0.1) is 0 Å². The number of nitrogens with one attached hydrogen (secondary N) is 2. The molecule has 0 bridgehead atoms. The van der Waals surface area contributed by atoms with E-state index in [4.69, 9.17) is 9.15 Å². The van der Waals surface area contributed by atoms with Gasteiger partial charge in [-0.25, -0.2) is 0 Å². The van der Waals surface area contributed by atoms with Crippen LogP contribution in [-0.2, 0) is 9.53 Å². The molecule has 0 atom stereocenters. The second kappa shape index (κ2) is 5.49. The lowest BCUT2D eigenvalue weighted by molar-refractivity contribution is -0.125. The van der Waals surface area contributed by atoms with Gasteiger partial charge in [0, 0.05) is 13.0 Å². The molecular formula is C11H14N2O4. The van der Waals surface area contributed by atoms with E-state index in [1.807, 2.05) is 0 Å².